The van der Waals surface area contributed by atoms with E-state index < -0.39 is 5.97 Å². The van der Waals surface area contributed by atoms with Crippen LogP contribution < -0.4 is 9.47 Å². The number of benzene rings is 2. The van der Waals surface area contributed by atoms with Crippen LogP contribution in [0.25, 0.3) is 11.6 Å². The number of rotatable bonds is 7. The normalized spacial score (nSPS) is 11.3. The molecule has 0 aliphatic heterocycles. The van der Waals surface area contributed by atoms with Gasteiger partial charge in [-0.15, -0.1) is 11.3 Å². The van der Waals surface area contributed by atoms with E-state index >= 15 is 0 Å². The molecular weight excluding hydrogens is 360 g/mol. The van der Waals surface area contributed by atoms with Crippen LogP contribution in [-0.4, -0.2) is 18.2 Å². The average Bonchev–Trinajstić information content (AvgIpc) is 3.20. The van der Waals surface area contributed by atoms with Gasteiger partial charge in [0.25, 0.3) is 0 Å². The Morgan fingerprint density at radius 2 is 1.93 bits per heavy atom. The van der Waals surface area contributed by atoms with Crippen molar-refractivity contribution in [1.82, 2.24) is 0 Å². The van der Waals surface area contributed by atoms with Gasteiger partial charge in [0, 0.05) is 16.5 Å². The van der Waals surface area contributed by atoms with Crippen LogP contribution in [0, 0.1) is 6.92 Å². The van der Waals surface area contributed by atoms with Gasteiger partial charge in [-0.1, -0.05) is 35.9 Å². The Morgan fingerprint density at radius 1 is 1.15 bits per heavy atom. The molecule has 0 aliphatic rings. The highest BCUT2D eigenvalue weighted by atomic mass is 32.1. The van der Waals surface area contributed by atoms with Crippen LogP contribution in [0.1, 0.15) is 21.6 Å². The highest BCUT2D eigenvalue weighted by Gasteiger charge is 2.14. The van der Waals surface area contributed by atoms with Crippen molar-refractivity contribution in [2.75, 3.05) is 7.11 Å². The molecule has 3 rings (SSSR count). The maximum atomic E-state index is 11.7. The largest absolute Gasteiger partial charge is 0.497 e. The number of carbonyl (C=O) groups is 1. The van der Waals surface area contributed by atoms with Gasteiger partial charge in [0.05, 0.1) is 12.7 Å². The summed E-state index contributed by atoms with van der Waals surface area (Å²) in [5.74, 6) is 0.252. The maximum absolute atomic E-state index is 11.7. The van der Waals surface area contributed by atoms with Crippen LogP contribution in [-0.2, 0) is 11.4 Å². The lowest BCUT2D eigenvalue weighted by Gasteiger charge is -2.12. The van der Waals surface area contributed by atoms with Crippen molar-refractivity contribution < 1.29 is 19.4 Å². The quantitative estimate of drug-likeness (QED) is 0.567. The van der Waals surface area contributed by atoms with Gasteiger partial charge in [-0.2, -0.15) is 0 Å². The lowest BCUT2D eigenvalue weighted by Crippen LogP contribution is -2.00. The van der Waals surface area contributed by atoms with Crippen molar-refractivity contribution in [2.24, 2.45) is 0 Å². The first-order chi connectivity index (χ1) is 13.1. The zero-order valence-electron chi connectivity index (χ0n) is 15.1. The van der Waals surface area contributed by atoms with Crippen molar-refractivity contribution >= 4 is 29.0 Å². The Hall–Kier alpha value is -3.05. The van der Waals surface area contributed by atoms with Gasteiger partial charge in [-0.25, -0.2) is 4.79 Å². The lowest BCUT2D eigenvalue weighted by atomic mass is 10.1. The van der Waals surface area contributed by atoms with Crippen LogP contribution in [0.3, 0.4) is 0 Å². The molecule has 0 spiro atoms. The van der Waals surface area contributed by atoms with Gasteiger partial charge in [0.2, 0.25) is 0 Å². The van der Waals surface area contributed by atoms with Gasteiger partial charge < -0.3 is 14.6 Å². The van der Waals surface area contributed by atoms with E-state index in [-0.39, 0.29) is 5.57 Å². The molecule has 0 fully saturated rings. The number of ether oxygens (including phenoxy) is 2. The standard InChI is InChI=1S/C22H20O4S/c1-15-5-7-16(8-6-15)14-26-20-13-18(25-2)10-9-17(20)12-19(22(23)24)21-4-3-11-27-21/h3-13H,14H2,1-2H3,(H,23,24)/b19-12-. The predicted molar refractivity (Wildman–Crippen MR) is 108 cm³/mol. The number of aryl methyl sites for hydroxylation is 1. The first-order valence-electron chi connectivity index (χ1n) is 8.42. The van der Waals surface area contributed by atoms with Crippen molar-refractivity contribution in [2.45, 2.75) is 13.5 Å². The summed E-state index contributed by atoms with van der Waals surface area (Å²) < 4.78 is 11.3. The van der Waals surface area contributed by atoms with E-state index in [4.69, 9.17) is 9.47 Å². The van der Waals surface area contributed by atoms with Gasteiger partial charge in [0.15, 0.2) is 0 Å². The number of carboxylic acid groups (broad SMARTS) is 1. The number of hydrogen-bond acceptors (Lipinski definition) is 4. The predicted octanol–water partition coefficient (Wildman–Crippen LogP) is 5.27. The summed E-state index contributed by atoms with van der Waals surface area (Å²) in [6, 6.07) is 17.1. The van der Waals surface area contributed by atoms with Crippen LogP contribution in [0.4, 0.5) is 0 Å². The third kappa shape index (κ3) is 4.77. The molecule has 1 N–H and O–H groups in total. The summed E-state index contributed by atoms with van der Waals surface area (Å²) in [6.07, 6.45) is 1.64. The fraction of sp³-hybridized carbons (Fsp3) is 0.136. The van der Waals surface area contributed by atoms with Crippen molar-refractivity contribution in [3.8, 4) is 11.5 Å². The number of hydrogen-bond donors (Lipinski definition) is 1. The number of carboxylic acids is 1. The number of aliphatic carboxylic acids is 1. The molecule has 4 nitrogen and oxygen atoms in total. The van der Waals surface area contributed by atoms with E-state index in [9.17, 15) is 9.90 Å². The minimum Gasteiger partial charge on any atom is -0.497 e. The summed E-state index contributed by atoms with van der Waals surface area (Å²) >= 11 is 1.39. The Balaban J connectivity index is 1.93. The second-order valence-corrected chi connectivity index (χ2v) is 6.97. The monoisotopic (exact) mass is 380 g/mol. The minimum atomic E-state index is -0.974. The fourth-order valence-electron chi connectivity index (χ4n) is 2.56. The van der Waals surface area contributed by atoms with Crippen molar-refractivity contribution in [3.05, 3.63) is 81.5 Å². The molecule has 0 unspecified atom stereocenters. The third-order valence-electron chi connectivity index (χ3n) is 4.05. The third-order valence-corrected chi connectivity index (χ3v) is 4.96. The number of thiophene rings is 1. The van der Waals surface area contributed by atoms with Crippen LogP contribution in [0.15, 0.2) is 60.0 Å². The Kier molecular flexibility index (Phi) is 5.94. The summed E-state index contributed by atoms with van der Waals surface area (Å²) in [5.41, 5.74) is 3.14. The molecular formula is C22H20O4S. The molecule has 0 amide bonds. The zero-order valence-corrected chi connectivity index (χ0v) is 16.0. The maximum Gasteiger partial charge on any atom is 0.337 e. The Labute approximate surface area is 162 Å². The van der Waals surface area contributed by atoms with Gasteiger partial charge >= 0.3 is 5.97 Å². The van der Waals surface area contributed by atoms with E-state index in [0.29, 0.717) is 28.5 Å². The second kappa shape index (κ2) is 8.56. The molecule has 0 aliphatic carbocycles. The van der Waals surface area contributed by atoms with E-state index in [1.807, 2.05) is 42.6 Å². The molecule has 0 radical (unpaired) electrons. The molecule has 27 heavy (non-hydrogen) atoms. The summed E-state index contributed by atoms with van der Waals surface area (Å²) in [7, 11) is 1.59. The molecule has 1 aromatic heterocycles. The van der Waals surface area contributed by atoms with Crippen molar-refractivity contribution in [3.63, 3.8) is 0 Å². The fourth-order valence-corrected chi connectivity index (χ4v) is 3.29. The highest BCUT2D eigenvalue weighted by molar-refractivity contribution is 7.11. The average molecular weight is 380 g/mol. The SMILES string of the molecule is COc1ccc(/C=C(\C(=O)O)c2cccs2)c(OCc2ccc(C)cc2)c1. The van der Waals surface area contributed by atoms with E-state index in [0.717, 1.165) is 5.56 Å². The second-order valence-electron chi connectivity index (χ2n) is 6.02. The minimum absolute atomic E-state index is 0.232. The molecule has 0 saturated heterocycles. The van der Waals surface area contributed by atoms with Gasteiger partial charge in [0.1, 0.15) is 18.1 Å². The molecule has 2 aromatic carbocycles. The molecule has 0 bridgehead atoms. The molecule has 5 heteroatoms. The first-order valence-corrected chi connectivity index (χ1v) is 9.30. The topological polar surface area (TPSA) is 55.8 Å². The van der Waals surface area contributed by atoms with Crippen LogP contribution >= 0.6 is 11.3 Å². The smallest absolute Gasteiger partial charge is 0.337 e. The molecule has 0 saturated carbocycles. The molecule has 3 aromatic rings. The Morgan fingerprint density at radius 3 is 2.56 bits per heavy atom. The van der Waals surface area contributed by atoms with Gasteiger partial charge in [-0.05, 0) is 42.1 Å². The van der Waals surface area contributed by atoms with Crippen LogP contribution in [0.5, 0.6) is 11.5 Å². The molecule has 0 atom stereocenters. The highest BCUT2D eigenvalue weighted by Crippen LogP contribution is 2.31. The molecule has 138 valence electrons. The molecule has 1 heterocycles. The summed E-state index contributed by atoms with van der Waals surface area (Å²) in [5, 5.41) is 11.5. The zero-order chi connectivity index (χ0) is 19.2. The van der Waals surface area contributed by atoms with E-state index in [2.05, 4.69) is 0 Å². The number of methoxy groups -OCH3 is 1. The lowest BCUT2D eigenvalue weighted by molar-refractivity contribution is -0.130. The van der Waals surface area contributed by atoms with E-state index in [1.54, 1.807) is 37.5 Å². The Bertz CT molecular complexity index is 941. The van der Waals surface area contributed by atoms with E-state index in [1.165, 1.54) is 16.9 Å². The van der Waals surface area contributed by atoms with Gasteiger partial charge in [-0.3, -0.25) is 0 Å². The summed E-state index contributed by atoms with van der Waals surface area (Å²) in [6.45, 7) is 2.42. The first kappa shape index (κ1) is 18.7. The van der Waals surface area contributed by atoms with Crippen LogP contribution in [0.2, 0.25) is 0 Å². The summed E-state index contributed by atoms with van der Waals surface area (Å²) in [4.78, 5) is 12.4. The van der Waals surface area contributed by atoms with Crippen molar-refractivity contribution in [1.29, 1.82) is 0 Å².